The fraction of sp³-hybridized carbons (Fsp3) is 0.500. The van der Waals surface area contributed by atoms with Crippen LogP contribution in [0.5, 0.6) is 0 Å². The monoisotopic (exact) mass is 374 g/mol. The van der Waals surface area contributed by atoms with E-state index in [1.165, 1.54) is 6.92 Å². The Balaban J connectivity index is 1.81. The fourth-order valence-corrected chi connectivity index (χ4v) is 3.89. The van der Waals surface area contributed by atoms with E-state index < -0.39 is 11.9 Å². The van der Waals surface area contributed by atoms with Crippen LogP contribution in [0, 0.1) is 6.92 Å². The van der Waals surface area contributed by atoms with Crippen molar-refractivity contribution in [3.05, 3.63) is 28.3 Å². The van der Waals surface area contributed by atoms with Crippen LogP contribution in [0.15, 0.2) is 16.7 Å². The summed E-state index contributed by atoms with van der Waals surface area (Å²) in [7, 11) is 1.62. The predicted octanol–water partition coefficient (Wildman–Crippen LogP) is 3.98. The Morgan fingerprint density at radius 2 is 2.20 bits per heavy atom. The van der Waals surface area contributed by atoms with Crippen molar-refractivity contribution in [2.45, 2.75) is 32.0 Å². The smallest absolute Gasteiger partial charge is 0.380 e. The molecule has 9 heteroatoms. The zero-order chi connectivity index (χ0) is 18.2. The highest BCUT2D eigenvalue weighted by Gasteiger charge is 2.39. The molecular weight excluding hydrogens is 357 g/mol. The number of halogens is 3. The van der Waals surface area contributed by atoms with Gasteiger partial charge in [0.2, 0.25) is 5.76 Å². The quantitative estimate of drug-likeness (QED) is 0.815. The lowest BCUT2D eigenvalue weighted by molar-refractivity contribution is -0.156. The first-order valence-corrected chi connectivity index (χ1v) is 8.58. The second-order valence-electron chi connectivity index (χ2n) is 5.90. The SMILES string of the molecule is CO[C@H]1CCCN(C(=O)c2ccc(-c3noc(C(F)(F)F)c3C)s2)C1. The van der Waals surface area contributed by atoms with Crippen LogP contribution in [0.4, 0.5) is 13.2 Å². The van der Waals surface area contributed by atoms with Crippen molar-refractivity contribution in [1.29, 1.82) is 0 Å². The van der Waals surface area contributed by atoms with Crippen LogP contribution in [0.2, 0.25) is 0 Å². The van der Waals surface area contributed by atoms with Crippen LogP contribution in [0.1, 0.15) is 33.8 Å². The second-order valence-corrected chi connectivity index (χ2v) is 6.98. The summed E-state index contributed by atoms with van der Waals surface area (Å²) < 4.78 is 48.2. The van der Waals surface area contributed by atoms with Gasteiger partial charge in [-0.15, -0.1) is 11.3 Å². The molecule has 0 bridgehead atoms. The van der Waals surface area contributed by atoms with Gasteiger partial charge in [0.15, 0.2) is 0 Å². The molecule has 0 N–H and O–H groups in total. The molecule has 0 radical (unpaired) electrons. The van der Waals surface area contributed by atoms with E-state index in [0.29, 0.717) is 22.8 Å². The van der Waals surface area contributed by atoms with Crippen LogP contribution in [-0.4, -0.2) is 42.3 Å². The number of ether oxygens (including phenoxy) is 1. The summed E-state index contributed by atoms with van der Waals surface area (Å²) >= 11 is 1.11. The Bertz CT molecular complexity index is 769. The zero-order valence-electron chi connectivity index (χ0n) is 13.7. The highest BCUT2D eigenvalue weighted by atomic mass is 32.1. The van der Waals surface area contributed by atoms with Crippen molar-refractivity contribution < 1.29 is 27.2 Å². The number of rotatable bonds is 3. The number of carbonyl (C=O) groups is 1. The maximum Gasteiger partial charge on any atom is 0.452 e. The van der Waals surface area contributed by atoms with Gasteiger partial charge < -0.3 is 14.2 Å². The number of aromatic nitrogens is 1. The number of nitrogens with zero attached hydrogens (tertiary/aromatic N) is 2. The number of carbonyl (C=O) groups excluding carboxylic acids is 1. The number of hydrogen-bond acceptors (Lipinski definition) is 5. The third kappa shape index (κ3) is 3.57. The van der Waals surface area contributed by atoms with E-state index >= 15 is 0 Å². The van der Waals surface area contributed by atoms with Crippen LogP contribution in [-0.2, 0) is 10.9 Å². The standard InChI is InChI=1S/C16H17F3N2O3S/c1-9-13(20-24-14(9)16(17,18)19)11-5-6-12(25-11)15(22)21-7-3-4-10(8-21)23-2/h5-6,10H,3-4,7-8H2,1-2H3/t10-/m0/s1. The van der Waals surface area contributed by atoms with E-state index in [2.05, 4.69) is 9.68 Å². The van der Waals surface area contributed by atoms with Crippen molar-refractivity contribution in [2.75, 3.05) is 20.2 Å². The van der Waals surface area contributed by atoms with Crippen LogP contribution in [0.3, 0.4) is 0 Å². The van der Waals surface area contributed by atoms with E-state index in [-0.39, 0.29) is 23.3 Å². The highest BCUT2D eigenvalue weighted by Crippen LogP contribution is 2.38. The summed E-state index contributed by atoms with van der Waals surface area (Å²) in [4.78, 5) is 15.3. The van der Waals surface area contributed by atoms with Crippen LogP contribution < -0.4 is 0 Å². The number of hydrogen-bond donors (Lipinski definition) is 0. The van der Waals surface area contributed by atoms with Gasteiger partial charge >= 0.3 is 6.18 Å². The molecule has 1 amide bonds. The largest absolute Gasteiger partial charge is 0.452 e. The van der Waals surface area contributed by atoms with Crippen molar-refractivity contribution >= 4 is 17.2 Å². The Hall–Kier alpha value is -1.87. The van der Waals surface area contributed by atoms with Gasteiger partial charge in [0, 0.05) is 25.8 Å². The molecule has 1 aliphatic rings. The van der Waals surface area contributed by atoms with E-state index in [9.17, 15) is 18.0 Å². The molecule has 2 aromatic heterocycles. The maximum absolute atomic E-state index is 12.8. The Morgan fingerprint density at radius 3 is 2.84 bits per heavy atom. The number of likely N-dealkylation sites (tertiary alicyclic amines) is 1. The first-order valence-electron chi connectivity index (χ1n) is 7.77. The lowest BCUT2D eigenvalue weighted by Gasteiger charge is -2.31. The van der Waals surface area contributed by atoms with E-state index in [1.54, 1.807) is 24.1 Å². The van der Waals surface area contributed by atoms with Crippen molar-refractivity contribution in [1.82, 2.24) is 10.1 Å². The minimum Gasteiger partial charge on any atom is -0.380 e. The third-order valence-corrected chi connectivity index (χ3v) is 5.31. The van der Waals surface area contributed by atoms with Crippen molar-refractivity contribution in [2.24, 2.45) is 0 Å². The van der Waals surface area contributed by atoms with E-state index in [0.717, 1.165) is 24.2 Å². The minimum atomic E-state index is -4.59. The number of thiophene rings is 1. The Kier molecular flexibility index (Phi) is 4.88. The minimum absolute atomic E-state index is 0.0178. The summed E-state index contributed by atoms with van der Waals surface area (Å²) in [5.41, 5.74) is 0.0376. The molecule has 1 saturated heterocycles. The van der Waals surface area contributed by atoms with Gasteiger partial charge in [-0.2, -0.15) is 13.2 Å². The number of methoxy groups -OCH3 is 1. The highest BCUT2D eigenvalue weighted by molar-refractivity contribution is 7.17. The fourth-order valence-electron chi connectivity index (χ4n) is 2.88. The van der Waals surface area contributed by atoms with E-state index in [1.807, 2.05) is 0 Å². The molecule has 5 nitrogen and oxygen atoms in total. The molecule has 3 rings (SSSR count). The average molecular weight is 374 g/mol. The van der Waals surface area contributed by atoms with Crippen LogP contribution >= 0.6 is 11.3 Å². The molecule has 0 saturated carbocycles. The molecule has 0 unspecified atom stereocenters. The molecule has 136 valence electrons. The maximum atomic E-state index is 12.8. The second kappa shape index (κ2) is 6.80. The summed E-state index contributed by atoms with van der Waals surface area (Å²) in [5.74, 6) is -1.25. The number of alkyl halides is 3. The number of piperidine rings is 1. The topological polar surface area (TPSA) is 55.6 Å². The molecule has 0 aromatic carbocycles. The van der Waals surface area contributed by atoms with Crippen molar-refractivity contribution in [3.63, 3.8) is 0 Å². The van der Waals surface area contributed by atoms with E-state index in [4.69, 9.17) is 4.74 Å². The molecule has 0 aliphatic carbocycles. The molecule has 25 heavy (non-hydrogen) atoms. The third-order valence-electron chi connectivity index (χ3n) is 4.23. The molecule has 0 spiro atoms. The summed E-state index contributed by atoms with van der Waals surface area (Å²) in [6.45, 7) is 2.47. The summed E-state index contributed by atoms with van der Waals surface area (Å²) in [6.07, 6.45) is -2.80. The van der Waals surface area contributed by atoms with Crippen LogP contribution in [0.25, 0.3) is 10.6 Å². The number of amides is 1. The summed E-state index contributed by atoms with van der Waals surface area (Å²) in [6, 6.07) is 3.21. The Morgan fingerprint density at radius 1 is 1.44 bits per heavy atom. The van der Waals surface area contributed by atoms with Gasteiger partial charge in [0.1, 0.15) is 5.69 Å². The molecule has 1 atom stereocenters. The Labute approximate surface area is 146 Å². The van der Waals surface area contributed by atoms with Gasteiger partial charge in [-0.3, -0.25) is 4.79 Å². The molecule has 2 aromatic rings. The summed E-state index contributed by atoms with van der Waals surface area (Å²) in [5, 5.41) is 3.53. The molecular formula is C16H17F3N2O3S. The molecule has 1 aliphatic heterocycles. The molecule has 3 heterocycles. The van der Waals surface area contributed by atoms with Gasteiger partial charge in [-0.05, 0) is 31.9 Å². The lowest BCUT2D eigenvalue weighted by atomic mass is 10.1. The van der Waals surface area contributed by atoms with Gasteiger partial charge in [0.05, 0.1) is 15.9 Å². The normalized spacial score (nSPS) is 18.6. The lowest BCUT2D eigenvalue weighted by Crippen LogP contribution is -2.42. The first-order chi connectivity index (χ1) is 11.8. The van der Waals surface area contributed by atoms with Gasteiger partial charge in [-0.1, -0.05) is 5.16 Å². The van der Waals surface area contributed by atoms with Crippen molar-refractivity contribution in [3.8, 4) is 10.6 Å². The molecule has 1 fully saturated rings. The zero-order valence-corrected chi connectivity index (χ0v) is 14.5. The average Bonchev–Trinajstić information content (AvgIpc) is 3.20. The van der Waals surface area contributed by atoms with Gasteiger partial charge in [0.25, 0.3) is 5.91 Å². The predicted molar refractivity (Wildman–Crippen MR) is 85.5 cm³/mol. The first kappa shape index (κ1) is 17.9. The van der Waals surface area contributed by atoms with Gasteiger partial charge in [-0.25, -0.2) is 0 Å².